The number of hydrogen-bond donors (Lipinski definition) is 1. The highest BCUT2D eigenvalue weighted by atomic mass is 35.5. The molecule has 0 aliphatic heterocycles. The Hall–Kier alpha value is -3.03. The zero-order valence-electron chi connectivity index (χ0n) is 15.1. The highest BCUT2D eigenvalue weighted by Crippen LogP contribution is 2.34. The fourth-order valence-electron chi connectivity index (χ4n) is 3.18. The fraction of sp³-hybridized carbons (Fsp3) is 0.0952. The first-order valence-electron chi connectivity index (χ1n) is 8.62. The molecule has 0 aliphatic carbocycles. The highest BCUT2D eigenvalue weighted by molar-refractivity contribution is 7.14. The lowest BCUT2D eigenvalue weighted by molar-refractivity contribution is 0.0697. The number of pyridine rings is 1. The number of aromatic carboxylic acids is 1. The first kappa shape index (κ1) is 19.3. The molecule has 0 unspecified atom stereocenters. The topological polar surface area (TPSA) is 71.7 Å². The number of carbonyl (C=O) groups is 2. The highest BCUT2D eigenvalue weighted by Gasteiger charge is 2.25. The molecule has 0 fully saturated rings. The van der Waals surface area contributed by atoms with Gasteiger partial charge >= 0.3 is 5.97 Å². The number of fused-ring (bicyclic) bond motifs is 1. The Morgan fingerprint density at radius 3 is 2.62 bits per heavy atom. The summed E-state index contributed by atoms with van der Waals surface area (Å²) in [6.07, 6.45) is 1.24. The maximum Gasteiger partial charge on any atom is 0.337 e. The van der Waals surface area contributed by atoms with Crippen LogP contribution in [0.15, 0.2) is 48.0 Å². The van der Waals surface area contributed by atoms with Crippen molar-refractivity contribution in [3.63, 3.8) is 0 Å². The van der Waals surface area contributed by atoms with Crippen molar-refractivity contribution in [3.8, 4) is 10.4 Å². The number of aromatic nitrogens is 2. The second-order valence-corrected chi connectivity index (χ2v) is 7.83. The van der Waals surface area contributed by atoms with Gasteiger partial charge in [-0.25, -0.2) is 9.78 Å². The third kappa shape index (κ3) is 3.43. The maximum atomic E-state index is 14.7. The summed E-state index contributed by atoms with van der Waals surface area (Å²) in [5, 5.41) is 11.9. The number of benzene rings is 1. The van der Waals surface area contributed by atoms with E-state index in [2.05, 4.69) is 4.98 Å². The molecule has 29 heavy (non-hydrogen) atoms. The summed E-state index contributed by atoms with van der Waals surface area (Å²) < 4.78 is 15.9. The van der Waals surface area contributed by atoms with E-state index in [1.54, 1.807) is 48.7 Å². The fourth-order valence-corrected chi connectivity index (χ4v) is 4.38. The number of ketones is 1. The molecule has 0 saturated heterocycles. The van der Waals surface area contributed by atoms with Crippen molar-refractivity contribution >= 4 is 40.3 Å². The minimum Gasteiger partial charge on any atom is -0.478 e. The van der Waals surface area contributed by atoms with Crippen LogP contribution in [0.4, 0.5) is 4.39 Å². The molecule has 5 nitrogen and oxygen atoms in total. The van der Waals surface area contributed by atoms with Crippen molar-refractivity contribution in [2.75, 3.05) is 0 Å². The molecule has 0 amide bonds. The van der Waals surface area contributed by atoms with Gasteiger partial charge in [-0.15, -0.1) is 11.3 Å². The van der Waals surface area contributed by atoms with Gasteiger partial charge in [0.15, 0.2) is 11.5 Å². The molecule has 8 heteroatoms. The number of carboxylic acid groups (broad SMARTS) is 1. The van der Waals surface area contributed by atoms with E-state index >= 15 is 0 Å². The number of hydrogen-bond acceptors (Lipinski definition) is 4. The largest absolute Gasteiger partial charge is 0.478 e. The van der Waals surface area contributed by atoms with Crippen molar-refractivity contribution in [2.24, 2.45) is 0 Å². The molecular weight excluding hydrogens is 415 g/mol. The summed E-state index contributed by atoms with van der Waals surface area (Å²) >= 11 is 7.12. The second kappa shape index (κ2) is 7.42. The Kier molecular flexibility index (Phi) is 4.94. The standard InChI is InChI=1S/C21H14ClFN2O3S/c1-11-3-2-8-25-19(23)17(24-20(11)25)15(26)9-13-10-29-18(16(13)21(27)28)12-4-6-14(22)7-5-12/h2-8,10H,9H2,1H3,(H,27,28). The molecule has 1 aromatic carbocycles. The zero-order valence-corrected chi connectivity index (χ0v) is 16.7. The summed E-state index contributed by atoms with van der Waals surface area (Å²) in [6, 6.07) is 10.2. The van der Waals surface area contributed by atoms with E-state index in [4.69, 9.17) is 11.6 Å². The number of carbonyl (C=O) groups excluding carboxylic acids is 1. The van der Waals surface area contributed by atoms with Crippen LogP contribution in [0, 0.1) is 12.9 Å². The number of nitrogens with zero attached hydrogens (tertiary/aromatic N) is 2. The van der Waals surface area contributed by atoms with Gasteiger partial charge in [-0.2, -0.15) is 4.39 Å². The van der Waals surface area contributed by atoms with Gasteiger partial charge in [0, 0.05) is 22.5 Å². The molecule has 4 aromatic rings. The Bertz CT molecular complexity index is 1260. The average Bonchev–Trinajstić information content (AvgIpc) is 3.25. The molecule has 3 aromatic heterocycles. The quantitative estimate of drug-likeness (QED) is 0.438. The van der Waals surface area contributed by atoms with Gasteiger partial charge < -0.3 is 5.11 Å². The Morgan fingerprint density at radius 2 is 1.97 bits per heavy atom. The van der Waals surface area contributed by atoms with Crippen LogP contribution < -0.4 is 0 Å². The molecule has 1 N–H and O–H groups in total. The molecule has 3 heterocycles. The van der Waals surface area contributed by atoms with Gasteiger partial charge in [-0.1, -0.05) is 29.8 Å². The van der Waals surface area contributed by atoms with Crippen molar-refractivity contribution < 1.29 is 19.1 Å². The average molecular weight is 429 g/mol. The summed E-state index contributed by atoms with van der Waals surface area (Å²) in [4.78, 5) is 29.3. The minimum atomic E-state index is -1.15. The van der Waals surface area contributed by atoms with Crippen molar-refractivity contribution in [1.82, 2.24) is 9.38 Å². The van der Waals surface area contributed by atoms with Crippen LogP contribution in [-0.4, -0.2) is 26.2 Å². The Balaban J connectivity index is 1.72. The lowest BCUT2D eigenvalue weighted by Gasteiger charge is -2.03. The number of rotatable bonds is 5. The van der Waals surface area contributed by atoms with Gasteiger partial charge in [0.25, 0.3) is 0 Å². The third-order valence-corrected chi connectivity index (χ3v) is 5.92. The Labute approximate surface area is 174 Å². The predicted octanol–water partition coefficient (Wildman–Crippen LogP) is 5.29. The summed E-state index contributed by atoms with van der Waals surface area (Å²) in [5.74, 6) is -2.47. The minimum absolute atomic E-state index is 0.0334. The number of Topliss-reactive ketones (excluding diaryl/α,β-unsaturated/α-hetero) is 1. The third-order valence-electron chi connectivity index (χ3n) is 4.59. The zero-order chi connectivity index (χ0) is 20.7. The Morgan fingerprint density at radius 1 is 1.24 bits per heavy atom. The van der Waals surface area contributed by atoms with E-state index in [0.29, 0.717) is 26.7 Å². The lowest BCUT2D eigenvalue weighted by Crippen LogP contribution is -2.10. The second-order valence-electron chi connectivity index (χ2n) is 6.51. The van der Waals surface area contributed by atoms with Crippen molar-refractivity contribution in [1.29, 1.82) is 0 Å². The SMILES string of the molecule is Cc1cccn2c(F)c(C(=O)Cc3csc(-c4ccc(Cl)cc4)c3C(=O)O)nc12. The van der Waals surface area contributed by atoms with E-state index in [9.17, 15) is 19.1 Å². The molecule has 0 atom stereocenters. The van der Waals surface area contributed by atoms with Gasteiger partial charge in [-0.3, -0.25) is 9.20 Å². The van der Waals surface area contributed by atoms with E-state index < -0.39 is 17.7 Å². The van der Waals surface area contributed by atoms with Crippen molar-refractivity contribution in [3.05, 3.63) is 81.3 Å². The van der Waals surface area contributed by atoms with Crippen LogP contribution in [-0.2, 0) is 6.42 Å². The van der Waals surface area contributed by atoms with Gasteiger partial charge in [-0.05, 0) is 47.2 Å². The van der Waals surface area contributed by atoms with E-state index in [1.165, 1.54) is 21.9 Å². The van der Waals surface area contributed by atoms with Gasteiger partial charge in [0.1, 0.15) is 5.65 Å². The van der Waals surface area contributed by atoms with Crippen LogP contribution in [0.5, 0.6) is 0 Å². The number of halogens is 2. The number of carboxylic acids is 1. The van der Waals surface area contributed by atoms with Crippen LogP contribution in [0.1, 0.15) is 32.0 Å². The normalized spacial score (nSPS) is 11.1. The van der Waals surface area contributed by atoms with Crippen LogP contribution in [0.3, 0.4) is 0 Å². The molecule has 0 aliphatic rings. The van der Waals surface area contributed by atoms with Crippen LogP contribution >= 0.6 is 22.9 Å². The maximum absolute atomic E-state index is 14.7. The van der Waals surface area contributed by atoms with E-state index in [0.717, 1.165) is 5.56 Å². The van der Waals surface area contributed by atoms with Gasteiger partial charge in [0.05, 0.1) is 5.56 Å². The molecule has 4 rings (SSSR count). The summed E-state index contributed by atoms with van der Waals surface area (Å²) in [5.41, 5.74) is 1.84. The monoisotopic (exact) mass is 428 g/mol. The van der Waals surface area contributed by atoms with Crippen LogP contribution in [0.2, 0.25) is 5.02 Å². The van der Waals surface area contributed by atoms with Crippen molar-refractivity contribution in [2.45, 2.75) is 13.3 Å². The molecular formula is C21H14ClFN2O3S. The predicted molar refractivity (Wildman–Crippen MR) is 110 cm³/mol. The molecule has 0 radical (unpaired) electrons. The van der Waals surface area contributed by atoms with Gasteiger partial charge in [0.2, 0.25) is 5.95 Å². The number of imidazole rings is 1. The molecule has 0 bridgehead atoms. The van der Waals surface area contributed by atoms with Crippen LogP contribution in [0.25, 0.3) is 16.1 Å². The number of aryl methyl sites for hydroxylation is 1. The first-order valence-corrected chi connectivity index (χ1v) is 9.88. The van der Waals surface area contributed by atoms with E-state index in [-0.39, 0.29) is 17.7 Å². The molecule has 146 valence electrons. The summed E-state index contributed by atoms with van der Waals surface area (Å²) in [6.45, 7) is 1.77. The lowest BCUT2D eigenvalue weighted by atomic mass is 10.0. The smallest absolute Gasteiger partial charge is 0.337 e. The molecule has 0 saturated carbocycles. The van der Waals surface area contributed by atoms with E-state index in [1.807, 2.05) is 0 Å². The summed E-state index contributed by atoms with van der Waals surface area (Å²) in [7, 11) is 0. The number of thiophene rings is 1. The molecule has 0 spiro atoms. The first-order chi connectivity index (χ1) is 13.9.